The Morgan fingerprint density at radius 2 is 2.09 bits per heavy atom. The molecule has 1 aliphatic heterocycles. The monoisotopic (exact) mass is 164 g/mol. The first kappa shape index (κ1) is 8.89. The zero-order valence-corrected chi connectivity index (χ0v) is 6.01. The summed E-state index contributed by atoms with van der Waals surface area (Å²) >= 11 is 0. The van der Waals surface area contributed by atoms with E-state index in [0.29, 0.717) is 0 Å². The van der Waals surface area contributed by atoms with Gasteiger partial charge in [-0.3, -0.25) is 0 Å². The molecular weight excluding hydrogens is 152 g/mol. The predicted octanol–water partition coefficient (Wildman–Crippen LogP) is -1.93. The lowest BCUT2D eigenvalue weighted by Crippen LogP contribution is -2.43. The SMILES string of the molecule is OC[C@H](O)[C@@H]1COC(O)CO1. The predicted molar refractivity (Wildman–Crippen MR) is 34.8 cm³/mol. The lowest BCUT2D eigenvalue weighted by Gasteiger charge is -2.28. The van der Waals surface area contributed by atoms with Crippen LogP contribution in [0.25, 0.3) is 0 Å². The molecule has 1 heterocycles. The molecule has 1 aliphatic rings. The van der Waals surface area contributed by atoms with Gasteiger partial charge in [0.1, 0.15) is 12.2 Å². The van der Waals surface area contributed by atoms with Gasteiger partial charge in [-0.15, -0.1) is 0 Å². The van der Waals surface area contributed by atoms with Gasteiger partial charge in [-0.2, -0.15) is 0 Å². The zero-order valence-electron chi connectivity index (χ0n) is 6.01. The highest BCUT2D eigenvalue weighted by Gasteiger charge is 2.25. The van der Waals surface area contributed by atoms with Crippen LogP contribution in [0.15, 0.2) is 0 Å². The summed E-state index contributed by atoms with van der Waals surface area (Å²) in [5.74, 6) is 0. The molecule has 0 bridgehead atoms. The minimum absolute atomic E-state index is 0.0434. The summed E-state index contributed by atoms with van der Waals surface area (Å²) < 4.78 is 9.73. The molecule has 66 valence electrons. The standard InChI is InChI=1S/C6H12O5/c7-1-4(8)5-2-11-6(9)3-10-5/h4-9H,1-3H2/t4-,5-,6?/m0/s1. The maximum atomic E-state index is 9.03. The van der Waals surface area contributed by atoms with Crippen LogP contribution in [0.3, 0.4) is 0 Å². The molecular formula is C6H12O5. The highest BCUT2D eigenvalue weighted by atomic mass is 16.7. The number of hydrogen-bond donors (Lipinski definition) is 3. The molecule has 0 spiro atoms. The van der Waals surface area contributed by atoms with Crippen molar-refractivity contribution in [2.45, 2.75) is 18.5 Å². The Kier molecular flexibility index (Phi) is 3.22. The number of ether oxygens (including phenoxy) is 2. The van der Waals surface area contributed by atoms with Crippen LogP contribution < -0.4 is 0 Å². The fraction of sp³-hybridized carbons (Fsp3) is 1.00. The lowest BCUT2D eigenvalue weighted by atomic mass is 10.2. The van der Waals surface area contributed by atoms with E-state index in [2.05, 4.69) is 0 Å². The average molecular weight is 164 g/mol. The van der Waals surface area contributed by atoms with Crippen LogP contribution in [0, 0.1) is 0 Å². The van der Waals surface area contributed by atoms with Crippen LogP contribution in [0.2, 0.25) is 0 Å². The van der Waals surface area contributed by atoms with Gasteiger partial charge in [-0.25, -0.2) is 0 Å². The van der Waals surface area contributed by atoms with Crippen molar-refractivity contribution in [2.24, 2.45) is 0 Å². The van der Waals surface area contributed by atoms with E-state index in [1.54, 1.807) is 0 Å². The van der Waals surface area contributed by atoms with Crippen molar-refractivity contribution in [3.63, 3.8) is 0 Å². The van der Waals surface area contributed by atoms with Crippen molar-refractivity contribution in [1.29, 1.82) is 0 Å². The Labute approximate surface area is 64.2 Å². The fourth-order valence-electron chi connectivity index (χ4n) is 0.848. The molecule has 0 aromatic rings. The molecule has 1 unspecified atom stereocenters. The summed E-state index contributed by atoms with van der Waals surface area (Å²) in [5.41, 5.74) is 0. The highest BCUT2D eigenvalue weighted by molar-refractivity contribution is 4.70. The second-order valence-electron chi connectivity index (χ2n) is 2.41. The molecule has 0 aromatic carbocycles. The van der Waals surface area contributed by atoms with Crippen LogP contribution >= 0.6 is 0 Å². The Morgan fingerprint density at radius 1 is 1.36 bits per heavy atom. The van der Waals surface area contributed by atoms with E-state index in [9.17, 15) is 0 Å². The Bertz CT molecular complexity index is 110. The molecule has 0 aliphatic carbocycles. The van der Waals surface area contributed by atoms with E-state index >= 15 is 0 Å². The third-order valence-corrected chi connectivity index (χ3v) is 1.52. The van der Waals surface area contributed by atoms with Crippen molar-refractivity contribution >= 4 is 0 Å². The molecule has 1 saturated heterocycles. The number of aliphatic hydroxyl groups excluding tert-OH is 3. The third-order valence-electron chi connectivity index (χ3n) is 1.52. The molecule has 5 nitrogen and oxygen atoms in total. The van der Waals surface area contributed by atoms with E-state index in [1.807, 2.05) is 0 Å². The molecule has 3 atom stereocenters. The quantitative estimate of drug-likeness (QED) is 0.443. The van der Waals surface area contributed by atoms with Gasteiger partial charge in [0.05, 0.1) is 19.8 Å². The summed E-state index contributed by atoms with van der Waals surface area (Å²) in [6.45, 7) is -0.200. The Balaban J connectivity index is 2.27. The van der Waals surface area contributed by atoms with Crippen LogP contribution in [-0.4, -0.2) is 53.6 Å². The number of rotatable bonds is 2. The summed E-state index contributed by atoms with van der Waals surface area (Å²) in [6.07, 6.45) is -2.36. The minimum atomic E-state index is -0.928. The molecule has 0 radical (unpaired) electrons. The van der Waals surface area contributed by atoms with E-state index in [1.165, 1.54) is 0 Å². The van der Waals surface area contributed by atoms with E-state index in [0.717, 1.165) is 0 Å². The maximum Gasteiger partial charge on any atom is 0.178 e. The topological polar surface area (TPSA) is 79.2 Å². The van der Waals surface area contributed by atoms with Gasteiger partial charge in [0.15, 0.2) is 6.29 Å². The molecule has 0 amide bonds. The van der Waals surface area contributed by atoms with E-state index in [4.69, 9.17) is 24.8 Å². The fourth-order valence-corrected chi connectivity index (χ4v) is 0.848. The molecule has 1 fully saturated rings. The largest absolute Gasteiger partial charge is 0.394 e. The average Bonchev–Trinajstić information content (AvgIpc) is 2.05. The molecule has 3 N–H and O–H groups in total. The number of aliphatic hydroxyl groups is 3. The van der Waals surface area contributed by atoms with E-state index < -0.39 is 18.5 Å². The summed E-state index contributed by atoms with van der Waals surface area (Å²) in [7, 11) is 0. The third kappa shape index (κ3) is 2.39. The molecule has 0 aromatic heterocycles. The number of hydrogen-bond acceptors (Lipinski definition) is 5. The summed E-state index contributed by atoms with van der Waals surface area (Å²) in [4.78, 5) is 0. The second kappa shape index (κ2) is 3.99. The van der Waals surface area contributed by atoms with Gasteiger partial charge in [-0.1, -0.05) is 0 Å². The van der Waals surface area contributed by atoms with Crippen molar-refractivity contribution in [2.75, 3.05) is 19.8 Å². The van der Waals surface area contributed by atoms with Gasteiger partial charge in [0, 0.05) is 0 Å². The lowest BCUT2D eigenvalue weighted by molar-refractivity contribution is -0.232. The summed E-state index contributed by atoms with van der Waals surface area (Å²) in [5, 5.41) is 26.3. The first-order chi connectivity index (χ1) is 5.24. The zero-order chi connectivity index (χ0) is 8.27. The van der Waals surface area contributed by atoms with Crippen molar-refractivity contribution in [3.8, 4) is 0 Å². The highest BCUT2D eigenvalue weighted by Crippen LogP contribution is 2.08. The van der Waals surface area contributed by atoms with Crippen LogP contribution in [0.1, 0.15) is 0 Å². The maximum absolute atomic E-state index is 9.03. The van der Waals surface area contributed by atoms with Crippen LogP contribution in [0.5, 0.6) is 0 Å². The van der Waals surface area contributed by atoms with Crippen molar-refractivity contribution in [1.82, 2.24) is 0 Å². The molecule has 1 rings (SSSR count). The van der Waals surface area contributed by atoms with Crippen LogP contribution in [-0.2, 0) is 9.47 Å². The Morgan fingerprint density at radius 3 is 2.55 bits per heavy atom. The van der Waals surface area contributed by atoms with E-state index in [-0.39, 0.29) is 19.8 Å². The minimum Gasteiger partial charge on any atom is -0.394 e. The Hall–Kier alpha value is -0.200. The summed E-state index contributed by atoms with van der Waals surface area (Å²) in [6, 6.07) is 0. The first-order valence-corrected chi connectivity index (χ1v) is 3.44. The van der Waals surface area contributed by atoms with Gasteiger partial charge >= 0.3 is 0 Å². The molecule has 11 heavy (non-hydrogen) atoms. The van der Waals surface area contributed by atoms with Gasteiger partial charge in [0.25, 0.3) is 0 Å². The van der Waals surface area contributed by atoms with Gasteiger partial charge in [-0.05, 0) is 0 Å². The van der Waals surface area contributed by atoms with Crippen LogP contribution in [0.4, 0.5) is 0 Å². The molecule has 5 heteroatoms. The smallest absolute Gasteiger partial charge is 0.178 e. The molecule has 0 saturated carbocycles. The van der Waals surface area contributed by atoms with Gasteiger partial charge in [0.2, 0.25) is 0 Å². The van der Waals surface area contributed by atoms with Crippen molar-refractivity contribution in [3.05, 3.63) is 0 Å². The van der Waals surface area contributed by atoms with Crippen molar-refractivity contribution < 1.29 is 24.8 Å². The normalized spacial score (nSPS) is 35.2. The first-order valence-electron chi connectivity index (χ1n) is 3.44. The van der Waals surface area contributed by atoms with Gasteiger partial charge < -0.3 is 24.8 Å². The second-order valence-corrected chi connectivity index (χ2v) is 2.41.